The molecule has 0 radical (unpaired) electrons. The van der Waals surface area contributed by atoms with Crippen LogP contribution in [-0.2, 0) is 11.8 Å². The Labute approximate surface area is 117 Å². The number of aromatic nitrogens is 2. The van der Waals surface area contributed by atoms with Gasteiger partial charge in [-0.2, -0.15) is 0 Å². The van der Waals surface area contributed by atoms with Crippen molar-refractivity contribution in [3.63, 3.8) is 0 Å². The summed E-state index contributed by atoms with van der Waals surface area (Å²) in [6.07, 6.45) is 4.29. The molecule has 0 saturated carbocycles. The number of nitrogens with one attached hydrogen (secondary N) is 1. The van der Waals surface area contributed by atoms with Gasteiger partial charge in [0.1, 0.15) is 5.56 Å². The minimum atomic E-state index is -0.290. The standard InChI is InChI=1S/C15H20N2O3/c1-9(2)20-13-6-5-11(7-10(13)3)14-12(8-18)15(19)17(4)16-14/h7-9,16H,5-6H2,1-4H3. The van der Waals surface area contributed by atoms with Gasteiger partial charge < -0.3 is 4.74 Å². The molecule has 20 heavy (non-hydrogen) atoms. The van der Waals surface area contributed by atoms with Gasteiger partial charge in [0.05, 0.1) is 17.6 Å². The van der Waals surface area contributed by atoms with Gasteiger partial charge in [-0.15, -0.1) is 0 Å². The summed E-state index contributed by atoms with van der Waals surface area (Å²) in [5.74, 6) is 0.981. The zero-order valence-corrected chi connectivity index (χ0v) is 12.3. The third-order valence-corrected chi connectivity index (χ3v) is 3.35. The van der Waals surface area contributed by atoms with Crippen LogP contribution in [0.15, 0.2) is 22.2 Å². The first-order chi connectivity index (χ1) is 9.43. The van der Waals surface area contributed by atoms with E-state index in [0.29, 0.717) is 12.0 Å². The predicted octanol–water partition coefficient (Wildman–Crippen LogP) is 2.40. The number of carbonyl (C=O) groups is 1. The van der Waals surface area contributed by atoms with Crippen molar-refractivity contribution >= 4 is 11.9 Å². The molecule has 0 saturated heterocycles. The molecule has 0 amide bonds. The zero-order valence-electron chi connectivity index (χ0n) is 12.3. The quantitative estimate of drug-likeness (QED) is 0.859. The molecule has 0 unspecified atom stereocenters. The van der Waals surface area contributed by atoms with E-state index in [9.17, 15) is 9.59 Å². The van der Waals surface area contributed by atoms with Crippen molar-refractivity contribution in [2.45, 2.75) is 39.7 Å². The molecule has 0 spiro atoms. The summed E-state index contributed by atoms with van der Waals surface area (Å²) in [7, 11) is 1.61. The summed E-state index contributed by atoms with van der Waals surface area (Å²) in [4.78, 5) is 22.9. The Morgan fingerprint density at radius 1 is 1.40 bits per heavy atom. The van der Waals surface area contributed by atoms with Crippen molar-refractivity contribution in [1.29, 1.82) is 0 Å². The smallest absolute Gasteiger partial charge is 0.277 e. The Bertz CT molecular complexity index is 645. The fourth-order valence-corrected chi connectivity index (χ4v) is 2.41. The molecule has 0 atom stereocenters. The van der Waals surface area contributed by atoms with Gasteiger partial charge in [-0.05, 0) is 38.3 Å². The summed E-state index contributed by atoms with van der Waals surface area (Å²) in [6, 6.07) is 0. The minimum absolute atomic E-state index is 0.150. The number of rotatable bonds is 4. The Balaban J connectivity index is 2.41. The molecule has 0 fully saturated rings. The van der Waals surface area contributed by atoms with E-state index in [1.807, 2.05) is 26.8 Å². The van der Waals surface area contributed by atoms with Gasteiger partial charge in [0.25, 0.3) is 5.56 Å². The number of nitrogens with zero attached hydrogens (tertiary/aromatic N) is 1. The molecule has 2 rings (SSSR count). The van der Waals surface area contributed by atoms with Crippen molar-refractivity contribution in [1.82, 2.24) is 9.78 Å². The van der Waals surface area contributed by atoms with Crippen LogP contribution in [0.5, 0.6) is 0 Å². The first kappa shape index (κ1) is 14.4. The maximum absolute atomic E-state index is 11.8. The maximum Gasteiger partial charge on any atom is 0.277 e. The highest BCUT2D eigenvalue weighted by Crippen LogP contribution is 2.31. The molecular weight excluding hydrogens is 256 g/mol. The van der Waals surface area contributed by atoms with Crippen molar-refractivity contribution in [2.24, 2.45) is 7.05 Å². The van der Waals surface area contributed by atoms with E-state index < -0.39 is 0 Å². The topological polar surface area (TPSA) is 64.1 Å². The minimum Gasteiger partial charge on any atom is -0.495 e. The summed E-state index contributed by atoms with van der Waals surface area (Å²) in [5, 5.41) is 2.95. The fraction of sp³-hybridized carbons (Fsp3) is 0.467. The van der Waals surface area contributed by atoms with Gasteiger partial charge in [0.15, 0.2) is 6.29 Å². The second-order valence-corrected chi connectivity index (χ2v) is 5.32. The lowest BCUT2D eigenvalue weighted by molar-refractivity contribution is 0.112. The SMILES string of the molecule is CC1=C(OC(C)C)CCC(c2[nH]n(C)c(=O)c2C=O)=C1. The second kappa shape index (κ2) is 5.53. The Kier molecular flexibility index (Phi) is 3.97. The number of aromatic amines is 1. The van der Waals surface area contributed by atoms with Crippen LogP contribution in [0.25, 0.3) is 5.57 Å². The molecule has 1 aromatic heterocycles. The monoisotopic (exact) mass is 276 g/mol. The number of hydrogen-bond donors (Lipinski definition) is 1. The maximum atomic E-state index is 11.8. The van der Waals surface area contributed by atoms with Crippen LogP contribution in [0.1, 0.15) is 49.7 Å². The van der Waals surface area contributed by atoms with E-state index in [1.54, 1.807) is 7.05 Å². The van der Waals surface area contributed by atoms with Crippen molar-refractivity contribution < 1.29 is 9.53 Å². The fourth-order valence-electron chi connectivity index (χ4n) is 2.41. The van der Waals surface area contributed by atoms with Crippen LogP contribution >= 0.6 is 0 Å². The largest absolute Gasteiger partial charge is 0.495 e. The number of hydrogen-bond acceptors (Lipinski definition) is 3. The molecule has 0 bridgehead atoms. The number of aryl methyl sites for hydroxylation is 1. The number of allylic oxidation sites excluding steroid dienone is 4. The van der Waals surface area contributed by atoms with Crippen LogP contribution in [0, 0.1) is 0 Å². The molecular formula is C15H20N2O3. The van der Waals surface area contributed by atoms with Crippen LogP contribution in [0.2, 0.25) is 0 Å². The lowest BCUT2D eigenvalue weighted by Crippen LogP contribution is -2.14. The summed E-state index contributed by atoms with van der Waals surface area (Å²) in [6.45, 7) is 5.98. The highest BCUT2D eigenvalue weighted by molar-refractivity contribution is 5.84. The highest BCUT2D eigenvalue weighted by atomic mass is 16.5. The van der Waals surface area contributed by atoms with E-state index in [4.69, 9.17) is 4.74 Å². The average molecular weight is 276 g/mol. The van der Waals surface area contributed by atoms with E-state index in [-0.39, 0.29) is 17.2 Å². The number of H-pyrrole nitrogens is 1. The molecule has 1 N–H and O–H groups in total. The van der Waals surface area contributed by atoms with Gasteiger partial charge >= 0.3 is 0 Å². The number of carbonyl (C=O) groups excluding carboxylic acids is 1. The van der Waals surface area contributed by atoms with Gasteiger partial charge in [0, 0.05) is 13.5 Å². The zero-order chi connectivity index (χ0) is 14.9. The van der Waals surface area contributed by atoms with Crippen LogP contribution in [0.4, 0.5) is 0 Å². The second-order valence-electron chi connectivity index (χ2n) is 5.32. The summed E-state index contributed by atoms with van der Waals surface area (Å²) < 4.78 is 7.09. The number of ether oxygens (including phenoxy) is 1. The molecule has 1 heterocycles. The normalized spacial score (nSPS) is 15.6. The number of aldehydes is 1. The van der Waals surface area contributed by atoms with Crippen molar-refractivity contribution in [3.05, 3.63) is 39.0 Å². The van der Waals surface area contributed by atoms with E-state index in [2.05, 4.69) is 5.10 Å². The first-order valence-corrected chi connectivity index (χ1v) is 6.75. The molecule has 108 valence electrons. The van der Waals surface area contributed by atoms with Crippen LogP contribution in [-0.4, -0.2) is 22.2 Å². The molecule has 1 aliphatic rings. The van der Waals surface area contributed by atoms with Crippen molar-refractivity contribution in [3.8, 4) is 0 Å². The third-order valence-electron chi connectivity index (χ3n) is 3.35. The van der Waals surface area contributed by atoms with Gasteiger partial charge in [-0.3, -0.25) is 19.4 Å². The summed E-state index contributed by atoms with van der Waals surface area (Å²) >= 11 is 0. The Hall–Kier alpha value is -2.04. The summed E-state index contributed by atoms with van der Waals surface area (Å²) in [5.41, 5.74) is 2.54. The molecule has 1 aromatic rings. The average Bonchev–Trinajstić information content (AvgIpc) is 2.67. The van der Waals surface area contributed by atoms with Gasteiger partial charge in [-0.1, -0.05) is 6.08 Å². The Morgan fingerprint density at radius 2 is 2.10 bits per heavy atom. The van der Waals surface area contributed by atoms with E-state index in [1.165, 1.54) is 4.68 Å². The molecule has 5 heteroatoms. The third kappa shape index (κ3) is 2.61. The highest BCUT2D eigenvalue weighted by Gasteiger charge is 2.20. The molecule has 0 aromatic carbocycles. The van der Waals surface area contributed by atoms with Gasteiger partial charge in [0.2, 0.25) is 0 Å². The first-order valence-electron chi connectivity index (χ1n) is 6.75. The molecule has 0 aliphatic heterocycles. The van der Waals surface area contributed by atoms with Gasteiger partial charge in [-0.25, -0.2) is 0 Å². The van der Waals surface area contributed by atoms with Crippen LogP contribution < -0.4 is 5.56 Å². The van der Waals surface area contributed by atoms with E-state index in [0.717, 1.165) is 29.7 Å². The molecule has 5 nitrogen and oxygen atoms in total. The Morgan fingerprint density at radius 3 is 2.65 bits per heavy atom. The lowest BCUT2D eigenvalue weighted by atomic mass is 9.95. The molecule has 1 aliphatic carbocycles. The lowest BCUT2D eigenvalue weighted by Gasteiger charge is -2.20. The predicted molar refractivity (Wildman–Crippen MR) is 77.6 cm³/mol. The van der Waals surface area contributed by atoms with Crippen LogP contribution in [0.3, 0.4) is 0 Å². The van der Waals surface area contributed by atoms with Crippen molar-refractivity contribution in [2.75, 3.05) is 0 Å². The van der Waals surface area contributed by atoms with E-state index >= 15 is 0 Å².